The van der Waals surface area contributed by atoms with E-state index in [4.69, 9.17) is 0 Å². The van der Waals surface area contributed by atoms with Gasteiger partial charge in [0.05, 0.1) is 5.60 Å². The molecule has 0 fully saturated rings. The maximum absolute atomic E-state index is 12.1. The molecule has 0 aromatic heterocycles. The lowest BCUT2D eigenvalue weighted by Gasteiger charge is -2.23. The van der Waals surface area contributed by atoms with Crippen LogP contribution in [0.2, 0.25) is 0 Å². The van der Waals surface area contributed by atoms with E-state index in [9.17, 15) is 9.90 Å². The summed E-state index contributed by atoms with van der Waals surface area (Å²) >= 11 is 1.57. The smallest absolute Gasteiger partial charge is 0.251 e. The summed E-state index contributed by atoms with van der Waals surface area (Å²) in [6.07, 6.45) is 2.95. The number of carbonyl (C=O) groups is 1. The maximum atomic E-state index is 12.1. The summed E-state index contributed by atoms with van der Waals surface area (Å²) in [6, 6.07) is 5.84. The predicted octanol–water partition coefficient (Wildman–Crippen LogP) is 1.18. The quantitative estimate of drug-likeness (QED) is 0.763. The summed E-state index contributed by atoms with van der Waals surface area (Å²) in [5, 5.41) is 16.2. The largest absolute Gasteiger partial charge is 0.387 e. The zero-order valence-electron chi connectivity index (χ0n) is 12.0. The van der Waals surface area contributed by atoms with Gasteiger partial charge in [-0.3, -0.25) is 4.79 Å². The Bertz CT molecular complexity index is 489. The first-order chi connectivity index (χ1) is 9.52. The Morgan fingerprint density at radius 1 is 1.50 bits per heavy atom. The van der Waals surface area contributed by atoms with Crippen LogP contribution in [0.4, 0.5) is 0 Å². The Morgan fingerprint density at radius 2 is 2.30 bits per heavy atom. The highest BCUT2D eigenvalue weighted by molar-refractivity contribution is 7.98. The van der Waals surface area contributed by atoms with E-state index in [1.54, 1.807) is 18.7 Å². The van der Waals surface area contributed by atoms with Crippen LogP contribution in [-0.4, -0.2) is 41.7 Å². The van der Waals surface area contributed by atoms with Crippen molar-refractivity contribution in [2.75, 3.05) is 25.1 Å². The number of aliphatic hydroxyl groups is 1. The molecule has 2 rings (SSSR count). The molecule has 5 heteroatoms. The minimum Gasteiger partial charge on any atom is -0.387 e. The summed E-state index contributed by atoms with van der Waals surface area (Å²) in [5.74, 6) is 0.473. The summed E-state index contributed by atoms with van der Waals surface area (Å²) < 4.78 is 0. The van der Waals surface area contributed by atoms with Crippen molar-refractivity contribution >= 4 is 17.7 Å². The van der Waals surface area contributed by atoms with Crippen LogP contribution in [0, 0.1) is 0 Å². The molecule has 1 aliphatic heterocycles. The fourth-order valence-corrected chi connectivity index (χ4v) is 3.08. The van der Waals surface area contributed by atoms with Gasteiger partial charge in [0.15, 0.2) is 0 Å². The highest BCUT2D eigenvalue weighted by atomic mass is 32.2. The molecule has 0 spiro atoms. The SMILES string of the molecule is CSCC(C)(O)CNC(=O)c1ccc2c(c1)CNCC2. The molecular weight excluding hydrogens is 272 g/mol. The number of rotatable bonds is 5. The number of carbonyl (C=O) groups excluding carboxylic acids is 1. The van der Waals surface area contributed by atoms with Crippen LogP contribution in [0.3, 0.4) is 0 Å². The van der Waals surface area contributed by atoms with Crippen LogP contribution in [0.25, 0.3) is 0 Å². The molecule has 0 bridgehead atoms. The molecule has 1 atom stereocenters. The molecule has 1 aromatic carbocycles. The normalized spacial score (nSPS) is 17.1. The molecule has 1 unspecified atom stereocenters. The first-order valence-corrected chi connectivity index (χ1v) is 8.23. The summed E-state index contributed by atoms with van der Waals surface area (Å²) in [4.78, 5) is 12.1. The first kappa shape index (κ1) is 15.4. The molecule has 3 N–H and O–H groups in total. The van der Waals surface area contributed by atoms with E-state index in [-0.39, 0.29) is 12.5 Å². The molecular formula is C15H22N2O2S. The van der Waals surface area contributed by atoms with Crippen molar-refractivity contribution in [1.82, 2.24) is 10.6 Å². The standard InChI is InChI=1S/C15H22N2O2S/c1-15(19,10-20-2)9-17-14(18)12-4-3-11-5-6-16-8-13(11)7-12/h3-4,7,16,19H,5-6,8-10H2,1-2H3,(H,17,18). The fourth-order valence-electron chi connectivity index (χ4n) is 2.36. The Morgan fingerprint density at radius 3 is 3.05 bits per heavy atom. The summed E-state index contributed by atoms with van der Waals surface area (Å²) in [6.45, 7) is 3.82. The van der Waals surface area contributed by atoms with Crippen LogP contribution in [-0.2, 0) is 13.0 Å². The van der Waals surface area contributed by atoms with E-state index in [1.165, 1.54) is 11.1 Å². The van der Waals surface area contributed by atoms with Crippen LogP contribution in [0.5, 0.6) is 0 Å². The van der Waals surface area contributed by atoms with E-state index >= 15 is 0 Å². The van der Waals surface area contributed by atoms with E-state index in [0.29, 0.717) is 11.3 Å². The third-order valence-electron chi connectivity index (χ3n) is 3.44. The van der Waals surface area contributed by atoms with Crippen molar-refractivity contribution in [2.24, 2.45) is 0 Å². The van der Waals surface area contributed by atoms with Gasteiger partial charge in [0.1, 0.15) is 0 Å². The monoisotopic (exact) mass is 294 g/mol. The van der Waals surface area contributed by atoms with Crippen LogP contribution in [0.15, 0.2) is 18.2 Å². The van der Waals surface area contributed by atoms with Crippen molar-refractivity contribution < 1.29 is 9.90 Å². The maximum Gasteiger partial charge on any atom is 0.251 e. The fraction of sp³-hybridized carbons (Fsp3) is 0.533. The van der Waals surface area contributed by atoms with E-state index in [1.807, 2.05) is 24.5 Å². The Balaban J connectivity index is 1.99. The van der Waals surface area contributed by atoms with Gasteiger partial charge in [-0.25, -0.2) is 0 Å². The number of amides is 1. The topological polar surface area (TPSA) is 61.4 Å². The predicted molar refractivity (Wildman–Crippen MR) is 83.2 cm³/mol. The number of thioether (sulfide) groups is 1. The molecule has 0 aliphatic carbocycles. The third kappa shape index (κ3) is 3.98. The van der Waals surface area contributed by atoms with E-state index in [0.717, 1.165) is 19.5 Å². The van der Waals surface area contributed by atoms with Gasteiger partial charge in [0.25, 0.3) is 5.91 Å². The summed E-state index contributed by atoms with van der Waals surface area (Å²) in [5.41, 5.74) is 2.30. The van der Waals surface area contributed by atoms with Crippen LogP contribution in [0.1, 0.15) is 28.4 Å². The van der Waals surface area contributed by atoms with E-state index < -0.39 is 5.60 Å². The molecule has 20 heavy (non-hydrogen) atoms. The molecule has 0 saturated heterocycles. The zero-order valence-corrected chi connectivity index (χ0v) is 12.8. The van der Waals surface area contributed by atoms with Gasteiger partial charge >= 0.3 is 0 Å². The Labute approximate surface area is 124 Å². The van der Waals surface area contributed by atoms with Crippen molar-refractivity contribution in [3.05, 3.63) is 34.9 Å². The van der Waals surface area contributed by atoms with Gasteiger partial charge in [0, 0.05) is 24.4 Å². The Kier molecular flexibility index (Phi) is 5.07. The molecule has 0 radical (unpaired) electrons. The second-order valence-corrected chi connectivity index (χ2v) is 6.39. The molecule has 4 nitrogen and oxygen atoms in total. The number of hydrogen-bond acceptors (Lipinski definition) is 4. The molecule has 0 saturated carbocycles. The zero-order chi connectivity index (χ0) is 14.6. The Hall–Kier alpha value is -1.04. The van der Waals surface area contributed by atoms with Gasteiger partial charge in [-0.2, -0.15) is 11.8 Å². The minimum atomic E-state index is -0.870. The molecule has 110 valence electrons. The van der Waals surface area contributed by atoms with Gasteiger partial charge in [-0.05, 0) is 49.4 Å². The van der Waals surface area contributed by atoms with Crippen molar-refractivity contribution in [3.8, 4) is 0 Å². The number of hydrogen-bond donors (Lipinski definition) is 3. The number of fused-ring (bicyclic) bond motifs is 1. The lowest BCUT2D eigenvalue weighted by Crippen LogP contribution is -2.42. The van der Waals surface area contributed by atoms with Crippen molar-refractivity contribution in [1.29, 1.82) is 0 Å². The van der Waals surface area contributed by atoms with Gasteiger partial charge in [-0.1, -0.05) is 6.07 Å². The van der Waals surface area contributed by atoms with Crippen molar-refractivity contribution in [3.63, 3.8) is 0 Å². The second kappa shape index (κ2) is 6.61. The number of nitrogens with one attached hydrogen (secondary N) is 2. The average molecular weight is 294 g/mol. The molecule has 1 amide bonds. The molecule has 1 aliphatic rings. The highest BCUT2D eigenvalue weighted by Crippen LogP contribution is 2.16. The minimum absolute atomic E-state index is 0.125. The number of benzene rings is 1. The van der Waals surface area contributed by atoms with Gasteiger partial charge in [-0.15, -0.1) is 0 Å². The third-order valence-corrected chi connectivity index (χ3v) is 4.35. The summed E-state index contributed by atoms with van der Waals surface area (Å²) in [7, 11) is 0. The van der Waals surface area contributed by atoms with Gasteiger partial charge in [0.2, 0.25) is 0 Å². The van der Waals surface area contributed by atoms with Crippen LogP contribution >= 0.6 is 11.8 Å². The van der Waals surface area contributed by atoms with E-state index in [2.05, 4.69) is 10.6 Å². The lowest BCUT2D eigenvalue weighted by atomic mass is 9.98. The van der Waals surface area contributed by atoms with Crippen LogP contribution < -0.4 is 10.6 Å². The van der Waals surface area contributed by atoms with Gasteiger partial charge < -0.3 is 15.7 Å². The van der Waals surface area contributed by atoms with Crippen molar-refractivity contribution in [2.45, 2.75) is 25.5 Å². The lowest BCUT2D eigenvalue weighted by molar-refractivity contribution is 0.0725. The first-order valence-electron chi connectivity index (χ1n) is 6.84. The molecule has 1 aromatic rings. The highest BCUT2D eigenvalue weighted by Gasteiger charge is 2.21. The second-order valence-electron chi connectivity index (χ2n) is 5.52. The average Bonchev–Trinajstić information content (AvgIpc) is 2.44. The molecule has 1 heterocycles.